The largest absolute Gasteiger partial charge is 0.497 e. The summed E-state index contributed by atoms with van der Waals surface area (Å²) >= 11 is 0. The summed E-state index contributed by atoms with van der Waals surface area (Å²) in [6.45, 7) is 2.91. The SMILES string of the molecule is COc1ccc(OC)c(C(=O)Cn2cnc3c2c(=O)n(C(C)C)c(=O)n3-c2ccc(F)cc2F)c1. The van der Waals surface area contributed by atoms with Crippen molar-refractivity contribution in [3.05, 3.63) is 80.8 Å². The number of ketones is 1. The Labute approximate surface area is 197 Å². The number of aromatic nitrogens is 4. The van der Waals surface area contributed by atoms with E-state index in [1.54, 1.807) is 26.0 Å². The third-order valence-corrected chi connectivity index (χ3v) is 5.54. The van der Waals surface area contributed by atoms with Gasteiger partial charge < -0.3 is 14.0 Å². The number of benzene rings is 2. The number of Topliss-reactive ketones (excluding diaryl/α,β-unsaturated/α-hetero) is 1. The number of ether oxygens (including phenoxy) is 2. The molecule has 2 aromatic carbocycles. The number of carbonyl (C=O) groups excluding carboxylic acids is 1. The van der Waals surface area contributed by atoms with Crippen molar-refractivity contribution in [2.75, 3.05) is 14.2 Å². The second kappa shape index (κ2) is 9.16. The molecule has 0 aliphatic carbocycles. The van der Waals surface area contributed by atoms with Crippen molar-refractivity contribution >= 4 is 16.9 Å². The first kappa shape index (κ1) is 23.9. The first-order chi connectivity index (χ1) is 16.7. The molecule has 0 spiro atoms. The molecule has 0 radical (unpaired) electrons. The minimum absolute atomic E-state index is 0.0859. The van der Waals surface area contributed by atoms with Gasteiger partial charge in [0.25, 0.3) is 5.56 Å². The molecule has 2 heterocycles. The van der Waals surface area contributed by atoms with E-state index in [2.05, 4.69) is 4.98 Å². The van der Waals surface area contributed by atoms with Crippen LogP contribution in [-0.4, -0.2) is 38.7 Å². The smallest absolute Gasteiger partial charge is 0.337 e. The predicted molar refractivity (Wildman–Crippen MR) is 124 cm³/mol. The molecule has 0 saturated heterocycles. The van der Waals surface area contributed by atoms with Gasteiger partial charge >= 0.3 is 5.69 Å². The third-order valence-electron chi connectivity index (χ3n) is 5.54. The zero-order valence-corrected chi connectivity index (χ0v) is 19.4. The van der Waals surface area contributed by atoms with Crippen LogP contribution >= 0.6 is 0 Å². The van der Waals surface area contributed by atoms with Crippen molar-refractivity contribution < 1.29 is 23.0 Å². The molecule has 0 amide bonds. The Morgan fingerprint density at radius 3 is 2.43 bits per heavy atom. The van der Waals surface area contributed by atoms with E-state index in [-0.39, 0.29) is 29.0 Å². The molecule has 11 heteroatoms. The van der Waals surface area contributed by atoms with E-state index in [1.165, 1.54) is 31.2 Å². The van der Waals surface area contributed by atoms with E-state index in [0.717, 1.165) is 21.3 Å². The van der Waals surface area contributed by atoms with Crippen LogP contribution in [0.3, 0.4) is 0 Å². The quantitative estimate of drug-likeness (QED) is 0.374. The van der Waals surface area contributed by atoms with Gasteiger partial charge in [-0.05, 0) is 44.2 Å². The van der Waals surface area contributed by atoms with Crippen molar-refractivity contribution in [3.63, 3.8) is 0 Å². The summed E-state index contributed by atoms with van der Waals surface area (Å²) in [7, 11) is 2.88. The van der Waals surface area contributed by atoms with Gasteiger partial charge in [-0.15, -0.1) is 0 Å². The Balaban J connectivity index is 1.94. The number of fused-ring (bicyclic) bond motifs is 1. The summed E-state index contributed by atoms with van der Waals surface area (Å²) in [5.41, 5.74) is -1.83. The second-order valence-corrected chi connectivity index (χ2v) is 8.02. The van der Waals surface area contributed by atoms with E-state index >= 15 is 0 Å². The Hall–Kier alpha value is -4.28. The molecule has 0 unspecified atom stereocenters. The molecule has 4 aromatic rings. The van der Waals surface area contributed by atoms with Crippen LogP contribution in [0.4, 0.5) is 8.78 Å². The lowest BCUT2D eigenvalue weighted by molar-refractivity contribution is 0.0970. The fourth-order valence-electron chi connectivity index (χ4n) is 3.88. The molecule has 9 nitrogen and oxygen atoms in total. The molecule has 0 aliphatic rings. The summed E-state index contributed by atoms with van der Waals surface area (Å²) in [5, 5.41) is 0. The van der Waals surface area contributed by atoms with Gasteiger partial charge in [-0.1, -0.05) is 0 Å². The minimum Gasteiger partial charge on any atom is -0.497 e. The molecule has 0 aliphatic heterocycles. The normalized spacial score (nSPS) is 11.3. The molecule has 0 bridgehead atoms. The molecule has 0 atom stereocenters. The fourth-order valence-corrected chi connectivity index (χ4v) is 3.88. The zero-order chi connectivity index (χ0) is 25.4. The number of nitrogens with zero attached hydrogens (tertiary/aromatic N) is 4. The van der Waals surface area contributed by atoms with E-state index in [0.29, 0.717) is 17.6 Å². The van der Waals surface area contributed by atoms with Crippen molar-refractivity contribution in [2.45, 2.75) is 26.4 Å². The summed E-state index contributed by atoms with van der Waals surface area (Å²) in [6.07, 6.45) is 1.22. The molecule has 4 rings (SSSR count). The van der Waals surface area contributed by atoms with Crippen LogP contribution in [0.1, 0.15) is 30.2 Å². The lowest BCUT2D eigenvalue weighted by Gasteiger charge is -2.15. The average Bonchev–Trinajstić information content (AvgIpc) is 3.23. The molecule has 0 fully saturated rings. The lowest BCUT2D eigenvalue weighted by Crippen LogP contribution is -2.41. The first-order valence-corrected chi connectivity index (χ1v) is 10.6. The summed E-state index contributed by atoms with van der Waals surface area (Å²) in [6, 6.07) is 6.86. The van der Waals surface area contributed by atoms with Gasteiger partial charge in [-0.25, -0.2) is 23.1 Å². The lowest BCUT2D eigenvalue weighted by atomic mass is 10.1. The van der Waals surface area contributed by atoms with E-state index < -0.39 is 34.7 Å². The first-order valence-electron chi connectivity index (χ1n) is 10.6. The van der Waals surface area contributed by atoms with Gasteiger partial charge in [0.05, 0.1) is 38.3 Å². The van der Waals surface area contributed by atoms with E-state index in [4.69, 9.17) is 9.47 Å². The summed E-state index contributed by atoms with van der Waals surface area (Å²) in [5.74, 6) is -1.50. The highest BCUT2D eigenvalue weighted by Crippen LogP contribution is 2.25. The van der Waals surface area contributed by atoms with Crippen molar-refractivity contribution in [2.24, 2.45) is 0 Å². The maximum absolute atomic E-state index is 14.7. The van der Waals surface area contributed by atoms with Gasteiger partial charge in [0.1, 0.15) is 23.1 Å². The number of halogens is 2. The Morgan fingerprint density at radius 1 is 1.06 bits per heavy atom. The molecular weight excluding hydrogens is 462 g/mol. The van der Waals surface area contributed by atoms with Crippen LogP contribution in [0.15, 0.2) is 52.3 Å². The number of rotatable bonds is 7. The van der Waals surface area contributed by atoms with Crippen molar-refractivity contribution in [1.82, 2.24) is 18.7 Å². The molecule has 0 N–H and O–H groups in total. The Morgan fingerprint density at radius 2 is 1.80 bits per heavy atom. The molecule has 182 valence electrons. The summed E-state index contributed by atoms with van der Waals surface area (Å²) < 4.78 is 41.8. The molecule has 2 aromatic heterocycles. The van der Waals surface area contributed by atoms with Crippen LogP contribution in [0.25, 0.3) is 16.9 Å². The Bertz CT molecular complexity index is 1570. The fraction of sp³-hybridized carbons (Fsp3) is 0.250. The predicted octanol–water partition coefficient (Wildman–Crippen LogP) is 3.11. The van der Waals surface area contributed by atoms with Crippen LogP contribution < -0.4 is 20.7 Å². The minimum atomic E-state index is -1.01. The number of hydrogen-bond acceptors (Lipinski definition) is 6. The summed E-state index contributed by atoms with van der Waals surface area (Å²) in [4.78, 5) is 43.9. The van der Waals surface area contributed by atoms with Crippen LogP contribution in [0, 0.1) is 11.6 Å². The zero-order valence-electron chi connectivity index (χ0n) is 19.4. The highest BCUT2D eigenvalue weighted by atomic mass is 19.1. The molecular formula is C24H22F2N4O5. The highest BCUT2D eigenvalue weighted by Gasteiger charge is 2.24. The average molecular weight is 484 g/mol. The van der Waals surface area contributed by atoms with Crippen LogP contribution in [0.2, 0.25) is 0 Å². The van der Waals surface area contributed by atoms with Crippen LogP contribution in [0.5, 0.6) is 11.5 Å². The van der Waals surface area contributed by atoms with Gasteiger partial charge in [-0.2, -0.15) is 0 Å². The molecule has 0 saturated carbocycles. The topological polar surface area (TPSA) is 97.3 Å². The monoisotopic (exact) mass is 484 g/mol. The Kier molecular flexibility index (Phi) is 6.25. The van der Waals surface area contributed by atoms with Crippen LogP contribution in [-0.2, 0) is 6.54 Å². The second-order valence-electron chi connectivity index (χ2n) is 8.02. The van der Waals surface area contributed by atoms with E-state index in [1.807, 2.05) is 0 Å². The third kappa shape index (κ3) is 4.09. The van der Waals surface area contributed by atoms with Gasteiger partial charge in [-0.3, -0.25) is 14.2 Å². The molecule has 35 heavy (non-hydrogen) atoms. The van der Waals surface area contributed by atoms with Gasteiger partial charge in [0, 0.05) is 12.1 Å². The number of hydrogen-bond donors (Lipinski definition) is 0. The standard InChI is InChI=1S/C24H22F2N4O5/c1-13(2)29-23(32)21-22(30(24(29)33)18-7-5-14(25)9-17(18)26)27-12-28(21)11-19(31)16-10-15(34-3)6-8-20(16)35-4/h5-10,12-13H,11H2,1-4H3. The number of methoxy groups -OCH3 is 2. The highest BCUT2D eigenvalue weighted by molar-refractivity contribution is 5.99. The maximum Gasteiger partial charge on any atom is 0.337 e. The van der Waals surface area contributed by atoms with Gasteiger partial charge in [0.2, 0.25) is 0 Å². The van der Waals surface area contributed by atoms with Crippen molar-refractivity contribution in [3.8, 4) is 17.2 Å². The van der Waals surface area contributed by atoms with Crippen molar-refractivity contribution in [1.29, 1.82) is 0 Å². The number of carbonyl (C=O) groups is 1. The van der Waals surface area contributed by atoms with E-state index in [9.17, 15) is 23.2 Å². The van der Waals surface area contributed by atoms with Gasteiger partial charge in [0.15, 0.2) is 16.9 Å². The maximum atomic E-state index is 14.7. The number of imidazole rings is 1.